The van der Waals surface area contributed by atoms with E-state index in [9.17, 15) is 9.59 Å². The van der Waals surface area contributed by atoms with E-state index in [2.05, 4.69) is 31.4 Å². The standard InChI is InChI=1S/C22H25ClN2O2/c1-21(2,3)16-6-10-18(11-7-16)25-20(27)22(12-13-22)19(26)24-14-15-4-8-17(23)9-5-15/h4-11H,12-14H2,1-3H3,(H,24,26)(H,25,27). The van der Waals surface area contributed by atoms with Crippen molar-refractivity contribution in [1.29, 1.82) is 0 Å². The van der Waals surface area contributed by atoms with Crippen molar-refractivity contribution in [2.24, 2.45) is 5.41 Å². The molecular formula is C22H25ClN2O2. The number of hydrogen-bond donors (Lipinski definition) is 2. The predicted octanol–water partition coefficient (Wildman–Crippen LogP) is 4.67. The smallest absolute Gasteiger partial charge is 0.240 e. The van der Waals surface area contributed by atoms with Crippen LogP contribution in [0.5, 0.6) is 0 Å². The number of carbonyl (C=O) groups is 2. The predicted molar refractivity (Wildman–Crippen MR) is 109 cm³/mol. The monoisotopic (exact) mass is 384 g/mol. The zero-order valence-corrected chi connectivity index (χ0v) is 16.7. The number of hydrogen-bond acceptors (Lipinski definition) is 2. The fraction of sp³-hybridized carbons (Fsp3) is 0.364. The van der Waals surface area contributed by atoms with Crippen molar-refractivity contribution >= 4 is 29.1 Å². The lowest BCUT2D eigenvalue weighted by molar-refractivity contribution is -0.134. The van der Waals surface area contributed by atoms with Crippen LogP contribution in [0.15, 0.2) is 48.5 Å². The van der Waals surface area contributed by atoms with Crippen LogP contribution in [-0.4, -0.2) is 11.8 Å². The van der Waals surface area contributed by atoms with Crippen molar-refractivity contribution in [2.75, 3.05) is 5.32 Å². The summed E-state index contributed by atoms with van der Waals surface area (Å²) in [6.45, 7) is 6.81. The highest BCUT2D eigenvalue weighted by Gasteiger charge is 2.56. The molecule has 2 N–H and O–H groups in total. The van der Waals surface area contributed by atoms with E-state index in [0.717, 1.165) is 5.56 Å². The largest absolute Gasteiger partial charge is 0.351 e. The van der Waals surface area contributed by atoms with E-state index < -0.39 is 5.41 Å². The average molecular weight is 385 g/mol. The number of nitrogens with one attached hydrogen (secondary N) is 2. The van der Waals surface area contributed by atoms with Gasteiger partial charge < -0.3 is 10.6 Å². The molecule has 0 saturated heterocycles. The van der Waals surface area contributed by atoms with Crippen molar-refractivity contribution in [3.05, 3.63) is 64.7 Å². The van der Waals surface area contributed by atoms with E-state index in [0.29, 0.717) is 30.1 Å². The first kappa shape index (κ1) is 19.4. The Bertz CT molecular complexity index is 832. The average Bonchev–Trinajstić information content (AvgIpc) is 3.43. The molecule has 4 nitrogen and oxygen atoms in total. The molecule has 0 atom stereocenters. The van der Waals surface area contributed by atoms with Gasteiger partial charge in [0.1, 0.15) is 5.41 Å². The highest BCUT2D eigenvalue weighted by molar-refractivity contribution is 6.30. The highest BCUT2D eigenvalue weighted by atomic mass is 35.5. The molecule has 142 valence electrons. The lowest BCUT2D eigenvalue weighted by Gasteiger charge is -2.20. The summed E-state index contributed by atoms with van der Waals surface area (Å²) in [7, 11) is 0. The van der Waals surface area contributed by atoms with Crippen molar-refractivity contribution < 1.29 is 9.59 Å². The Labute approximate surface area is 165 Å². The fourth-order valence-electron chi connectivity index (χ4n) is 2.94. The van der Waals surface area contributed by atoms with Crippen molar-refractivity contribution in [1.82, 2.24) is 5.32 Å². The Morgan fingerprint density at radius 1 is 0.963 bits per heavy atom. The summed E-state index contributed by atoms with van der Waals surface area (Å²) in [5.74, 6) is -0.458. The van der Waals surface area contributed by atoms with Gasteiger partial charge in [0, 0.05) is 17.3 Å². The molecule has 5 heteroatoms. The molecule has 3 rings (SSSR count). The van der Waals surface area contributed by atoms with Gasteiger partial charge in [0.2, 0.25) is 11.8 Å². The molecule has 1 aliphatic rings. The third-order valence-electron chi connectivity index (χ3n) is 4.99. The molecule has 2 amide bonds. The van der Waals surface area contributed by atoms with Crippen molar-refractivity contribution in [2.45, 2.75) is 45.6 Å². The van der Waals surface area contributed by atoms with Gasteiger partial charge in [-0.3, -0.25) is 9.59 Å². The Hall–Kier alpha value is -2.33. The van der Waals surface area contributed by atoms with Gasteiger partial charge in [-0.25, -0.2) is 0 Å². The Balaban J connectivity index is 1.60. The Kier molecular flexibility index (Phi) is 5.29. The maximum Gasteiger partial charge on any atom is 0.240 e. The van der Waals surface area contributed by atoms with Gasteiger partial charge in [-0.2, -0.15) is 0 Å². The SMILES string of the molecule is CC(C)(C)c1ccc(NC(=O)C2(C(=O)NCc3ccc(Cl)cc3)CC2)cc1. The summed E-state index contributed by atoms with van der Waals surface area (Å²) >= 11 is 5.87. The first-order chi connectivity index (χ1) is 12.7. The summed E-state index contributed by atoms with van der Waals surface area (Å²) in [6, 6.07) is 15.1. The minimum Gasteiger partial charge on any atom is -0.351 e. The second-order valence-corrected chi connectivity index (χ2v) is 8.61. The van der Waals surface area contributed by atoms with Gasteiger partial charge in [-0.05, 0) is 53.6 Å². The zero-order chi connectivity index (χ0) is 19.7. The minimum absolute atomic E-state index is 0.0573. The van der Waals surface area contributed by atoms with Gasteiger partial charge in [0.05, 0.1) is 0 Å². The topological polar surface area (TPSA) is 58.2 Å². The molecule has 0 heterocycles. The Morgan fingerprint density at radius 2 is 1.56 bits per heavy atom. The number of halogens is 1. The lowest BCUT2D eigenvalue weighted by Crippen LogP contribution is -2.39. The van der Waals surface area contributed by atoms with Crippen LogP contribution in [0.1, 0.15) is 44.7 Å². The van der Waals surface area contributed by atoms with Crippen LogP contribution in [0.3, 0.4) is 0 Å². The van der Waals surface area contributed by atoms with Crippen LogP contribution in [0.25, 0.3) is 0 Å². The van der Waals surface area contributed by atoms with Gasteiger partial charge in [-0.15, -0.1) is 0 Å². The maximum atomic E-state index is 12.7. The fourth-order valence-corrected chi connectivity index (χ4v) is 3.07. The first-order valence-corrected chi connectivity index (χ1v) is 9.53. The number of rotatable bonds is 5. The van der Waals surface area contributed by atoms with Crippen LogP contribution in [-0.2, 0) is 21.5 Å². The van der Waals surface area contributed by atoms with Crippen LogP contribution < -0.4 is 10.6 Å². The quantitative estimate of drug-likeness (QED) is 0.736. The molecule has 0 radical (unpaired) electrons. The summed E-state index contributed by atoms with van der Waals surface area (Å²) in [4.78, 5) is 25.3. The first-order valence-electron chi connectivity index (χ1n) is 9.15. The number of carbonyl (C=O) groups excluding carboxylic acids is 2. The maximum absolute atomic E-state index is 12.7. The number of anilines is 1. The van der Waals surface area contributed by atoms with E-state index in [1.807, 2.05) is 36.4 Å². The zero-order valence-electron chi connectivity index (χ0n) is 15.9. The molecule has 1 fully saturated rings. The molecule has 1 aliphatic carbocycles. The molecule has 0 aromatic heterocycles. The van der Waals surface area contributed by atoms with E-state index in [-0.39, 0.29) is 17.2 Å². The van der Waals surface area contributed by atoms with Crippen LogP contribution >= 0.6 is 11.6 Å². The third kappa shape index (κ3) is 4.51. The molecule has 0 unspecified atom stereocenters. The molecule has 0 aliphatic heterocycles. The molecule has 27 heavy (non-hydrogen) atoms. The van der Waals surface area contributed by atoms with Gasteiger partial charge in [0.25, 0.3) is 0 Å². The Morgan fingerprint density at radius 3 is 2.07 bits per heavy atom. The molecular weight excluding hydrogens is 360 g/mol. The van der Waals surface area contributed by atoms with E-state index in [1.54, 1.807) is 12.1 Å². The summed E-state index contributed by atoms with van der Waals surface area (Å²) in [5, 5.41) is 6.42. The summed E-state index contributed by atoms with van der Waals surface area (Å²) in [5.41, 5.74) is 1.96. The molecule has 2 aromatic carbocycles. The number of amides is 2. The molecule has 1 saturated carbocycles. The van der Waals surface area contributed by atoms with Crippen molar-refractivity contribution in [3.63, 3.8) is 0 Å². The van der Waals surface area contributed by atoms with Crippen LogP contribution in [0.4, 0.5) is 5.69 Å². The highest BCUT2D eigenvalue weighted by Crippen LogP contribution is 2.47. The van der Waals surface area contributed by atoms with Crippen LogP contribution in [0, 0.1) is 5.41 Å². The summed E-state index contributed by atoms with van der Waals surface area (Å²) < 4.78 is 0. The second kappa shape index (κ2) is 7.35. The normalized spacial score (nSPS) is 15.1. The van der Waals surface area contributed by atoms with Gasteiger partial charge >= 0.3 is 0 Å². The third-order valence-corrected chi connectivity index (χ3v) is 5.25. The lowest BCUT2D eigenvalue weighted by atomic mass is 9.87. The molecule has 0 bridgehead atoms. The van der Waals surface area contributed by atoms with E-state index >= 15 is 0 Å². The molecule has 2 aromatic rings. The molecule has 0 spiro atoms. The van der Waals surface area contributed by atoms with E-state index in [1.165, 1.54) is 5.56 Å². The van der Waals surface area contributed by atoms with Gasteiger partial charge in [-0.1, -0.05) is 56.6 Å². The summed E-state index contributed by atoms with van der Waals surface area (Å²) in [6.07, 6.45) is 1.15. The van der Waals surface area contributed by atoms with Crippen LogP contribution in [0.2, 0.25) is 5.02 Å². The van der Waals surface area contributed by atoms with Crippen molar-refractivity contribution in [3.8, 4) is 0 Å². The number of benzene rings is 2. The van der Waals surface area contributed by atoms with Gasteiger partial charge in [0.15, 0.2) is 0 Å². The van der Waals surface area contributed by atoms with E-state index in [4.69, 9.17) is 11.6 Å². The minimum atomic E-state index is -0.949. The second-order valence-electron chi connectivity index (χ2n) is 8.17.